The first-order chi connectivity index (χ1) is 12.8. The maximum Gasteiger partial charge on any atom is 0.0379 e. The van der Waals surface area contributed by atoms with Crippen molar-refractivity contribution in [2.24, 2.45) is 11.7 Å². The third-order valence-electron chi connectivity index (χ3n) is 6.00. The van der Waals surface area contributed by atoms with Crippen LogP contribution in [0.2, 0.25) is 0 Å². The van der Waals surface area contributed by atoms with Gasteiger partial charge in [-0.3, -0.25) is 4.90 Å². The number of nitrogens with two attached hydrogens (primary N) is 1. The molecule has 3 unspecified atom stereocenters. The Balaban J connectivity index is 1.91. The highest BCUT2D eigenvalue weighted by atomic mass is 15.2. The highest BCUT2D eigenvalue weighted by molar-refractivity contribution is 5.25. The fourth-order valence-corrected chi connectivity index (χ4v) is 4.68. The lowest BCUT2D eigenvalue weighted by atomic mass is 9.76. The molecule has 0 amide bonds. The molecule has 0 aromatic heterocycles. The predicted octanol–water partition coefficient (Wildman–Crippen LogP) is 5.37. The summed E-state index contributed by atoms with van der Waals surface area (Å²) in [6.45, 7) is 5.68. The molecule has 1 fully saturated rings. The SMILES string of the molecule is CC(C(CCCN)c1ccccc1)C(c1ccccc1)N1CCCCC1. The van der Waals surface area contributed by atoms with Crippen LogP contribution in [0.25, 0.3) is 0 Å². The molecule has 2 nitrogen and oxygen atoms in total. The number of benzene rings is 2. The van der Waals surface area contributed by atoms with E-state index < -0.39 is 0 Å². The molecule has 0 saturated carbocycles. The molecule has 3 rings (SSSR count). The maximum absolute atomic E-state index is 5.87. The average Bonchev–Trinajstić information content (AvgIpc) is 2.71. The second-order valence-corrected chi connectivity index (χ2v) is 7.76. The van der Waals surface area contributed by atoms with Crippen molar-refractivity contribution in [2.75, 3.05) is 19.6 Å². The Bertz CT molecular complexity index is 619. The van der Waals surface area contributed by atoms with Gasteiger partial charge >= 0.3 is 0 Å². The summed E-state index contributed by atoms with van der Waals surface area (Å²) in [6, 6.07) is 22.7. The zero-order valence-electron chi connectivity index (χ0n) is 16.2. The summed E-state index contributed by atoms with van der Waals surface area (Å²) >= 11 is 0. The second-order valence-electron chi connectivity index (χ2n) is 7.76. The van der Waals surface area contributed by atoms with Crippen LogP contribution in [-0.2, 0) is 0 Å². The molecule has 0 aliphatic carbocycles. The molecule has 1 heterocycles. The van der Waals surface area contributed by atoms with Gasteiger partial charge in [0.15, 0.2) is 0 Å². The quantitative estimate of drug-likeness (QED) is 0.693. The van der Waals surface area contributed by atoms with Crippen LogP contribution in [0.3, 0.4) is 0 Å². The largest absolute Gasteiger partial charge is 0.330 e. The van der Waals surface area contributed by atoms with Crippen LogP contribution in [0.5, 0.6) is 0 Å². The van der Waals surface area contributed by atoms with Gasteiger partial charge in [-0.1, -0.05) is 74.0 Å². The van der Waals surface area contributed by atoms with Crippen molar-refractivity contribution in [2.45, 2.75) is 51.0 Å². The summed E-state index contributed by atoms with van der Waals surface area (Å²) in [5.41, 5.74) is 8.81. The van der Waals surface area contributed by atoms with Crippen molar-refractivity contribution in [3.05, 3.63) is 71.8 Å². The molecule has 2 aromatic rings. The van der Waals surface area contributed by atoms with Gasteiger partial charge in [0.05, 0.1) is 0 Å². The van der Waals surface area contributed by atoms with E-state index in [4.69, 9.17) is 5.73 Å². The number of piperidine rings is 1. The first-order valence-corrected chi connectivity index (χ1v) is 10.3. The minimum Gasteiger partial charge on any atom is -0.330 e. The Kier molecular flexibility index (Phi) is 7.28. The van der Waals surface area contributed by atoms with Gasteiger partial charge in [0.25, 0.3) is 0 Å². The molecule has 2 heteroatoms. The zero-order valence-corrected chi connectivity index (χ0v) is 16.2. The Morgan fingerprint density at radius 2 is 1.42 bits per heavy atom. The molecular formula is C24H34N2. The van der Waals surface area contributed by atoms with E-state index in [2.05, 4.69) is 72.5 Å². The van der Waals surface area contributed by atoms with Gasteiger partial charge in [0, 0.05) is 6.04 Å². The molecule has 2 aromatic carbocycles. The van der Waals surface area contributed by atoms with Gasteiger partial charge in [-0.15, -0.1) is 0 Å². The fraction of sp³-hybridized carbons (Fsp3) is 0.500. The van der Waals surface area contributed by atoms with Crippen LogP contribution in [0, 0.1) is 5.92 Å². The summed E-state index contributed by atoms with van der Waals surface area (Å²) in [5, 5.41) is 0. The van der Waals surface area contributed by atoms with E-state index in [1.807, 2.05) is 0 Å². The molecule has 1 aliphatic rings. The van der Waals surface area contributed by atoms with Gasteiger partial charge in [0.2, 0.25) is 0 Å². The van der Waals surface area contributed by atoms with Crippen molar-refractivity contribution < 1.29 is 0 Å². The fourth-order valence-electron chi connectivity index (χ4n) is 4.68. The normalized spacial score (nSPS) is 19.0. The lowest BCUT2D eigenvalue weighted by Gasteiger charge is -2.41. The van der Waals surface area contributed by atoms with Gasteiger partial charge < -0.3 is 5.73 Å². The highest BCUT2D eigenvalue weighted by Gasteiger charge is 2.32. The van der Waals surface area contributed by atoms with Gasteiger partial charge in [0.1, 0.15) is 0 Å². The number of hydrogen-bond donors (Lipinski definition) is 1. The number of nitrogens with zero attached hydrogens (tertiary/aromatic N) is 1. The highest BCUT2D eigenvalue weighted by Crippen LogP contribution is 2.41. The first kappa shape index (κ1) is 19.1. The van der Waals surface area contributed by atoms with Crippen LogP contribution >= 0.6 is 0 Å². The van der Waals surface area contributed by atoms with E-state index in [1.54, 1.807) is 0 Å². The smallest absolute Gasteiger partial charge is 0.0379 e. The molecule has 3 atom stereocenters. The maximum atomic E-state index is 5.87. The Labute approximate surface area is 159 Å². The van der Waals surface area contributed by atoms with Crippen molar-refractivity contribution in [3.8, 4) is 0 Å². The Morgan fingerprint density at radius 1 is 0.846 bits per heavy atom. The topological polar surface area (TPSA) is 29.3 Å². The minimum atomic E-state index is 0.486. The van der Waals surface area contributed by atoms with Crippen LogP contribution in [0.4, 0.5) is 0 Å². The van der Waals surface area contributed by atoms with Crippen molar-refractivity contribution in [3.63, 3.8) is 0 Å². The summed E-state index contributed by atoms with van der Waals surface area (Å²) in [6.07, 6.45) is 6.29. The minimum absolute atomic E-state index is 0.486. The summed E-state index contributed by atoms with van der Waals surface area (Å²) < 4.78 is 0. The molecule has 1 saturated heterocycles. The third kappa shape index (κ3) is 4.75. The Morgan fingerprint density at radius 3 is 2.00 bits per heavy atom. The molecule has 0 spiro atoms. The van der Waals surface area contributed by atoms with Crippen LogP contribution in [0.15, 0.2) is 60.7 Å². The molecule has 0 radical (unpaired) electrons. The monoisotopic (exact) mass is 350 g/mol. The van der Waals surface area contributed by atoms with Gasteiger partial charge in [-0.05, 0) is 68.3 Å². The molecular weight excluding hydrogens is 316 g/mol. The van der Waals surface area contributed by atoms with E-state index in [1.165, 1.54) is 49.9 Å². The number of rotatable bonds is 8. The molecule has 2 N–H and O–H groups in total. The van der Waals surface area contributed by atoms with Crippen molar-refractivity contribution in [1.82, 2.24) is 4.90 Å². The van der Waals surface area contributed by atoms with E-state index in [9.17, 15) is 0 Å². The van der Waals surface area contributed by atoms with Crippen LogP contribution in [-0.4, -0.2) is 24.5 Å². The third-order valence-corrected chi connectivity index (χ3v) is 6.00. The van der Waals surface area contributed by atoms with Crippen molar-refractivity contribution in [1.29, 1.82) is 0 Å². The molecule has 26 heavy (non-hydrogen) atoms. The van der Waals surface area contributed by atoms with E-state index >= 15 is 0 Å². The van der Waals surface area contributed by atoms with Crippen LogP contribution in [0.1, 0.15) is 62.1 Å². The molecule has 1 aliphatic heterocycles. The van der Waals surface area contributed by atoms with E-state index in [0.717, 1.165) is 13.0 Å². The first-order valence-electron chi connectivity index (χ1n) is 10.3. The summed E-state index contributed by atoms with van der Waals surface area (Å²) in [4.78, 5) is 2.74. The number of hydrogen-bond acceptors (Lipinski definition) is 2. The Hall–Kier alpha value is -1.64. The summed E-state index contributed by atoms with van der Waals surface area (Å²) in [7, 11) is 0. The van der Waals surface area contributed by atoms with E-state index in [-0.39, 0.29) is 0 Å². The molecule has 0 bridgehead atoms. The summed E-state index contributed by atoms with van der Waals surface area (Å²) in [5.74, 6) is 1.11. The van der Waals surface area contributed by atoms with E-state index in [0.29, 0.717) is 17.9 Å². The van der Waals surface area contributed by atoms with Gasteiger partial charge in [-0.25, -0.2) is 0 Å². The lowest BCUT2D eigenvalue weighted by molar-refractivity contribution is 0.108. The molecule has 140 valence electrons. The van der Waals surface area contributed by atoms with Gasteiger partial charge in [-0.2, -0.15) is 0 Å². The second kappa shape index (κ2) is 9.89. The van der Waals surface area contributed by atoms with Crippen molar-refractivity contribution >= 4 is 0 Å². The zero-order chi connectivity index (χ0) is 18.2. The predicted molar refractivity (Wildman–Crippen MR) is 111 cm³/mol. The average molecular weight is 351 g/mol. The standard InChI is InChI=1S/C24H34N2/c1-20(23(16-11-17-25)21-12-5-2-6-13-21)24(22-14-7-3-8-15-22)26-18-9-4-10-19-26/h2-3,5-8,12-15,20,23-24H,4,9-11,16-19,25H2,1H3. The van der Waals surface area contributed by atoms with Crippen LogP contribution < -0.4 is 5.73 Å². The lowest BCUT2D eigenvalue weighted by Crippen LogP contribution is -2.38. The number of likely N-dealkylation sites (tertiary alicyclic amines) is 1.